The van der Waals surface area contributed by atoms with E-state index in [0.717, 1.165) is 18.7 Å². The summed E-state index contributed by atoms with van der Waals surface area (Å²) in [7, 11) is 1.71. The van der Waals surface area contributed by atoms with Crippen molar-refractivity contribution >= 4 is 15.9 Å². The van der Waals surface area contributed by atoms with Gasteiger partial charge in [0, 0.05) is 10.5 Å². The number of hydrogen-bond donors (Lipinski definition) is 1. The highest BCUT2D eigenvalue weighted by atomic mass is 79.9. The lowest BCUT2D eigenvalue weighted by atomic mass is 10.0. The van der Waals surface area contributed by atoms with Crippen LogP contribution in [0.4, 0.5) is 0 Å². The molecular formula is C15H24BrNO. The smallest absolute Gasteiger partial charge is 0.119 e. The molecule has 1 N–H and O–H groups in total. The minimum Gasteiger partial charge on any atom is -0.497 e. The Morgan fingerprint density at radius 1 is 1.28 bits per heavy atom. The van der Waals surface area contributed by atoms with Gasteiger partial charge in [0.25, 0.3) is 0 Å². The Morgan fingerprint density at radius 2 is 2.00 bits per heavy atom. The van der Waals surface area contributed by atoms with Crippen LogP contribution in [0.15, 0.2) is 22.7 Å². The number of halogens is 1. The fourth-order valence-corrected chi connectivity index (χ4v) is 2.26. The van der Waals surface area contributed by atoms with Crippen LogP contribution < -0.4 is 10.1 Å². The van der Waals surface area contributed by atoms with Gasteiger partial charge in [-0.15, -0.1) is 0 Å². The first-order valence-electron chi connectivity index (χ1n) is 6.58. The summed E-state index contributed by atoms with van der Waals surface area (Å²) in [5, 5.41) is 3.48. The predicted octanol–water partition coefficient (Wildman–Crippen LogP) is 4.02. The highest BCUT2D eigenvalue weighted by Gasteiger charge is 2.07. The van der Waals surface area contributed by atoms with Crippen molar-refractivity contribution in [2.75, 3.05) is 13.7 Å². The molecule has 0 aliphatic heterocycles. The molecule has 0 aromatic heterocycles. The van der Waals surface area contributed by atoms with E-state index in [2.05, 4.69) is 54.2 Å². The number of rotatable bonds is 7. The number of methoxy groups -OCH3 is 1. The summed E-state index contributed by atoms with van der Waals surface area (Å²) in [6, 6.07) is 6.73. The van der Waals surface area contributed by atoms with Crippen molar-refractivity contribution < 1.29 is 4.74 Å². The maximum absolute atomic E-state index is 5.26. The third-order valence-electron chi connectivity index (χ3n) is 3.03. The van der Waals surface area contributed by atoms with Crippen molar-refractivity contribution in [2.45, 2.75) is 39.7 Å². The predicted molar refractivity (Wildman–Crippen MR) is 81.3 cm³/mol. The van der Waals surface area contributed by atoms with Crippen molar-refractivity contribution in [1.29, 1.82) is 0 Å². The lowest BCUT2D eigenvalue weighted by molar-refractivity contribution is 0.413. The fourth-order valence-electron chi connectivity index (χ4n) is 1.81. The van der Waals surface area contributed by atoms with E-state index in [1.807, 2.05) is 6.07 Å². The second-order valence-corrected chi connectivity index (χ2v) is 6.02. The number of hydrogen-bond acceptors (Lipinski definition) is 2. The van der Waals surface area contributed by atoms with Crippen LogP contribution in [0.5, 0.6) is 5.75 Å². The lowest BCUT2D eigenvalue weighted by Crippen LogP contribution is -2.28. The summed E-state index contributed by atoms with van der Waals surface area (Å²) in [6.07, 6.45) is 2.27. The molecule has 0 radical (unpaired) electrons. The van der Waals surface area contributed by atoms with Gasteiger partial charge in [-0.2, -0.15) is 0 Å². The molecule has 1 aromatic rings. The highest BCUT2D eigenvalue weighted by molar-refractivity contribution is 9.10. The Hall–Kier alpha value is -0.540. The second kappa shape index (κ2) is 7.80. The van der Waals surface area contributed by atoms with E-state index in [0.29, 0.717) is 12.0 Å². The first-order valence-corrected chi connectivity index (χ1v) is 7.38. The van der Waals surface area contributed by atoms with E-state index in [9.17, 15) is 0 Å². The summed E-state index contributed by atoms with van der Waals surface area (Å²) in [6.45, 7) is 7.75. The molecule has 1 unspecified atom stereocenters. The van der Waals surface area contributed by atoms with Crippen molar-refractivity contribution in [3.05, 3.63) is 28.2 Å². The third-order valence-corrected chi connectivity index (χ3v) is 3.81. The van der Waals surface area contributed by atoms with Gasteiger partial charge in [0.05, 0.1) is 7.11 Å². The summed E-state index contributed by atoms with van der Waals surface area (Å²) in [4.78, 5) is 0. The normalized spacial score (nSPS) is 12.8. The monoisotopic (exact) mass is 313 g/mol. The summed E-state index contributed by atoms with van der Waals surface area (Å²) in [5.41, 5.74) is 1.32. The Bertz CT molecular complexity index is 366. The molecule has 102 valence electrons. The largest absolute Gasteiger partial charge is 0.497 e. The molecule has 0 aliphatic carbocycles. The molecule has 0 amide bonds. The van der Waals surface area contributed by atoms with Crippen LogP contribution >= 0.6 is 15.9 Å². The zero-order chi connectivity index (χ0) is 13.5. The molecular weight excluding hydrogens is 290 g/mol. The van der Waals surface area contributed by atoms with Crippen LogP contribution in [0.2, 0.25) is 0 Å². The van der Waals surface area contributed by atoms with E-state index >= 15 is 0 Å². The van der Waals surface area contributed by atoms with Crippen LogP contribution in [0.3, 0.4) is 0 Å². The number of benzene rings is 1. The zero-order valence-corrected chi connectivity index (χ0v) is 13.4. The summed E-state index contributed by atoms with van der Waals surface area (Å²) < 4.78 is 6.44. The molecule has 18 heavy (non-hydrogen) atoms. The van der Waals surface area contributed by atoms with Crippen LogP contribution in [0.25, 0.3) is 0 Å². The van der Waals surface area contributed by atoms with Crippen LogP contribution in [0, 0.1) is 5.92 Å². The maximum Gasteiger partial charge on any atom is 0.119 e. The average molecular weight is 314 g/mol. The maximum atomic E-state index is 5.26. The van der Waals surface area contributed by atoms with Gasteiger partial charge < -0.3 is 10.1 Å². The minimum atomic E-state index is 0.566. The van der Waals surface area contributed by atoms with Gasteiger partial charge in [-0.1, -0.05) is 36.7 Å². The zero-order valence-electron chi connectivity index (χ0n) is 11.8. The van der Waals surface area contributed by atoms with Crippen LogP contribution in [-0.4, -0.2) is 19.7 Å². The fraction of sp³-hybridized carbons (Fsp3) is 0.600. The molecule has 1 rings (SSSR count). The molecule has 3 heteroatoms. The quantitative estimate of drug-likeness (QED) is 0.820. The standard InChI is InChI=1S/C15H24BrNO/c1-11(2)17-10-12(3)5-6-13-9-14(18-4)7-8-15(13)16/h7-9,11-12,17H,5-6,10H2,1-4H3. The van der Waals surface area contributed by atoms with Gasteiger partial charge in [-0.25, -0.2) is 0 Å². The van der Waals surface area contributed by atoms with Gasteiger partial charge in [-0.3, -0.25) is 0 Å². The second-order valence-electron chi connectivity index (χ2n) is 5.16. The molecule has 0 fully saturated rings. The van der Waals surface area contributed by atoms with Crippen molar-refractivity contribution in [1.82, 2.24) is 5.32 Å². The molecule has 2 nitrogen and oxygen atoms in total. The molecule has 0 saturated carbocycles. The molecule has 0 heterocycles. The molecule has 0 spiro atoms. The third kappa shape index (κ3) is 5.40. The van der Waals surface area contributed by atoms with Crippen molar-refractivity contribution in [3.63, 3.8) is 0 Å². The Kier molecular flexibility index (Phi) is 6.72. The minimum absolute atomic E-state index is 0.566. The first-order chi connectivity index (χ1) is 8.52. The number of aryl methyl sites for hydroxylation is 1. The van der Waals surface area contributed by atoms with Gasteiger partial charge in [0.1, 0.15) is 5.75 Å². The Labute approximate surface area is 119 Å². The van der Waals surface area contributed by atoms with E-state index in [1.165, 1.54) is 16.5 Å². The van der Waals surface area contributed by atoms with Crippen molar-refractivity contribution in [2.24, 2.45) is 5.92 Å². The van der Waals surface area contributed by atoms with E-state index in [4.69, 9.17) is 4.74 Å². The van der Waals surface area contributed by atoms with Crippen molar-refractivity contribution in [3.8, 4) is 5.75 Å². The molecule has 0 aliphatic rings. The van der Waals surface area contributed by atoms with E-state index < -0.39 is 0 Å². The molecule has 0 bridgehead atoms. The SMILES string of the molecule is COc1ccc(Br)c(CCC(C)CNC(C)C)c1. The van der Waals surface area contributed by atoms with E-state index in [-0.39, 0.29) is 0 Å². The van der Waals surface area contributed by atoms with E-state index in [1.54, 1.807) is 7.11 Å². The molecule has 1 atom stereocenters. The summed E-state index contributed by atoms with van der Waals surface area (Å²) in [5.74, 6) is 1.62. The summed E-state index contributed by atoms with van der Waals surface area (Å²) >= 11 is 3.60. The van der Waals surface area contributed by atoms with Gasteiger partial charge in [0.15, 0.2) is 0 Å². The van der Waals surface area contributed by atoms with Crippen LogP contribution in [-0.2, 0) is 6.42 Å². The topological polar surface area (TPSA) is 21.3 Å². The van der Waals surface area contributed by atoms with Gasteiger partial charge in [0.2, 0.25) is 0 Å². The molecule has 1 aromatic carbocycles. The Balaban J connectivity index is 2.47. The average Bonchev–Trinajstić information content (AvgIpc) is 2.35. The Morgan fingerprint density at radius 3 is 2.61 bits per heavy atom. The van der Waals surface area contributed by atoms with Gasteiger partial charge >= 0.3 is 0 Å². The van der Waals surface area contributed by atoms with Gasteiger partial charge in [-0.05, 0) is 49.1 Å². The number of ether oxygens (including phenoxy) is 1. The first kappa shape index (κ1) is 15.5. The molecule has 0 saturated heterocycles. The van der Waals surface area contributed by atoms with Crippen LogP contribution in [0.1, 0.15) is 32.8 Å². The highest BCUT2D eigenvalue weighted by Crippen LogP contribution is 2.24. The number of nitrogens with one attached hydrogen (secondary N) is 1. The lowest BCUT2D eigenvalue weighted by Gasteiger charge is -2.15.